The highest BCUT2D eigenvalue weighted by Crippen LogP contribution is 2.17. The minimum Gasteiger partial charge on any atom is -0.454 e. The molecule has 0 radical (unpaired) electrons. The highest BCUT2D eigenvalue weighted by molar-refractivity contribution is 7.89. The normalized spacial score (nSPS) is 11.2. The second kappa shape index (κ2) is 11.6. The molecule has 190 valence electrons. The van der Waals surface area contributed by atoms with E-state index in [4.69, 9.17) is 4.74 Å². The molecule has 0 unspecified atom stereocenters. The number of hydrogen-bond acceptors (Lipinski definition) is 8. The van der Waals surface area contributed by atoms with Crippen molar-refractivity contribution in [1.82, 2.24) is 18.8 Å². The summed E-state index contributed by atoms with van der Waals surface area (Å²) in [6, 6.07) is 6.42. The number of esters is 1. The van der Waals surface area contributed by atoms with Gasteiger partial charge in [-0.05, 0) is 18.2 Å². The van der Waals surface area contributed by atoms with Gasteiger partial charge in [-0.25, -0.2) is 13.2 Å². The van der Waals surface area contributed by atoms with Gasteiger partial charge in [0, 0.05) is 38.8 Å². The molecule has 1 heterocycles. The van der Waals surface area contributed by atoms with Crippen LogP contribution in [0.25, 0.3) is 0 Å². The van der Waals surface area contributed by atoms with E-state index in [1.807, 2.05) is 0 Å². The molecule has 0 bridgehead atoms. The molecule has 14 heteroatoms. The number of aromatic nitrogens is 2. The van der Waals surface area contributed by atoms with Crippen LogP contribution in [-0.4, -0.2) is 65.9 Å². The van der Waals surface area contributed by atoms with Crippen molar-refractivity contribution in [3.8, 4) is 0 Å². The van der Waals surface area contributed by atoms with Crippen molar-refractivity contribution in [3.05, 3.63) is 56.7 Å². The van der Waals surface area contributed by atoms with E-state index in [1.165, 1.54) is 42.7 Å². The lowest BCUT2D eigenvalue weighted by atomic mass is 10.2. The molecule has 0 aliphatic carbocycles. The Morgan fingerprint density at radius 2 is 1.69 bits per heavy atom. The van der Waals surface area contributed by atoms with Crippen molar-refractivity contribution in [2.45, 2.75) is 18.7 Å². The minimum atomic E-state index is -3.77. The van der Waals surface area contributed by atoms with Gasteiger partial charge in [-0.15, -0.1) is 0 Å². The topological polar surface area (TPSA) is 166 Å². The molecule has 2 amide bonds. The third-order valence-electron chi connectivity index (χ3n) is 4.99. The van der Waals surface area contributed by atoms with Crippen molar-refractivity contribution in [3.63, 3.8) is 0 Å². The maximum atomic E-state index is 12.6. The van der Waals surface area contributed by atoms with Crippen LogP contribution in [0.1, 0.15) is 24.2 Å². The maximum Gasteiger partial charge on any atom is 0.332 e. The molecule has 35 heavy (non-hydrogen) atoms. The third-order valence-corrected chi connectivity index (χ3v) is 7.04. The van der Waals surface area contributed by atoms with Gasteiger partial charge in [-0.2, -0.15) is 4.31 Å². The Bertz CT molecular complexity index is 1340. The van der Waals surface area contributed by atoms with Gasteiger partial charge in [-0.3, -0.25) is 28.3 Å². The number of anilines is 1. The highest BCUT2D eigenvalue weighted by atomic mass is 32.2. The molecular weight excluding hydrogens is 482 g/mol. The minimum absolute atomic E-state index is 0.0235. The zero-order valence-corrected chi connectivity index (χ0v) is 20.5. The van der Waals surface area contributed by atoms with Gasteiger partial charge in [0.25, 0.3) is 17.4 Å². The largest absolute Gasteiger partial charge is 0.454 e. The molecule has 13 nitrogen and oxygen atoms in total. The van der Waals surface area contributed by atoms with Crippen LogP contribution < -0.4 is 21.9 Å². The molecule has 2 aromatic rings. The van der Waals surface area contributed by atoms with Crippen molar-refractivity contribution >= 4 is 33.6 Å². The Kier molecular flexibility index (Phi) is 9.08. The van der Waals surface area contributed by atoms with Crippen LogP contribution in [0.15, 0.2) is 44.8 Å². The number of rotatable bonds is 10. The number of sulfonamides is 1. The molecule has 0 spiro atoms. The first-order valence-electron chi connectivity index (χ1n) is 10.5. The van der Waals surface area contributed by atoms with Gasteiger partial charge < -0.3 is 15.4 Å². The van der Waals surface area contributed by atoms with Gasteiger partial charge in [0.05, 0.1) is 4.90 Å². The Morgan fingerprint density at radius 3 is 2.31 bits per heavy atom. The molecular formula is C21H27N5O8S. The molecule has 0 saturated carbocycles. The summed E-state index contributed by atoms with van der Waals surface area (Å²) < 4.78 is 33.2. The molecule has 1 aromatic heterocycles. The zero-order valence-electron chi connectivity index (χ0n) is 19.7. The Hall–Kier alpha value is -3.78. The van der Waals surface area contributed by atoms with E-state index >= 15 is 0 Å². The first kappa shape index (κ1) is 27.5. The summed E-state index contributed by atoms with van der Waals surface area (Å²) >= 11 is 0. The number of nitrogens with one attached hydrogen (secondary N) is 2. The van der Waals surface area contributed by atoms with E-state index in [1.54, 1.807) is 13.8 Å². The molecule has 0 aliphatic rings. The van der Waals surface area contributed by atoms with Crippen LogP contribution in [-0.2, 0) is 38.4 Å². The third kappa shape index (κ3) is 6.64. The fourth-order valence-electron chi connectivity index (χ4n) is 2.99. The van der Waals surface area contributed by atoms with Gasteiger partial charge in [0.15, 0.2) is 6.61 Å². The quantitative estimate of drug-likeness (QED) is 0.386. The number of hydrogen-bond donors (Lipinski definition) is 2. The van der Waals surface area contributed by atoms with E-state index in [0.717, 1.165) is 15.2 Å². The standard InChI is InChI=1S/C21H27N5O8S/c1-5-26(6-2)35(32,33)15-9-7-8-14(10-15)20(30)22-12-19(29)34-13-17(27)23-16-11-18(28)25(4)21(31)24(16)3/h7-11H,5-6,12-13H2,1-4H3,(H,22,30)(H,23,27). The average Bonchev–Trinajstić information content (AvgIpc) is 2.83. The van der Waals surface area contributed by atoms with Crippen molar-refractivity contribution < 1.29 is 27.5 Å². The Balaban J connectivity index is 1.93. The van der Waals surface area contributed by atoms with Crippen LogP contribution in [0.3, 0.4) is 0 Å². The fraction of sp³-hybridized carbons (Fsp3) is 0.381. The summed E-state index contributed by atoms with van der Waals surface area (Å²) in [7, 11) is -1.14. The number of nitrogens with zero attached hydrogens (tertiary/aromatic N) is 3. The SMILES string of the molecule is CCN(CC)S(=O)(=O)c1cccc(C(=O)NCC(=O)OCC(=O)Nc2cc(=O)n(C)c(=O)n2C)c1. The summed E-state index contributed by atoms with van der Waals surface area (Å²) in [6.07, 6.45) is 0. The highest BCUT2D eigenvalue weighted by Gasteiger charge is 2.22. The predicted octanol–water partition coefficient (Wildman–Crippen LogP) is -0.974. The first-order valence-corrected chi connectivity index (χ1v) is 12.0. The molecule has 1 aromatic carbocycles. The zero-order chi connectivity index (χ0) is 26.3. The Labute approximate surface area is 201 Å². The van der Waals surface area contributed by atoms with E-state index < -0.39 is 52.2 Å². The van der Waals surface area contributed by atoms with Crippen LogP contribution in [0.2, 0.25) is 0 Å². The maximum absolute atomic E-state index is 12.6. The second-order valence-electron chi connectivity index (χ2n) is 7.28. The number of carbonyl (C=O) groups excluding carboxylic acids is 3. The van der Waals surface area contributed by atoms with Crippen molar-refractivity contribution in [1.29, 1.82) is 0 Å². The summed E-state index contributed by atoms with van der Waals surface area (Å²) in [6.45, 7) is 2.63. The van der Waals surface area contributed by atoms with Gasteiger partial charge in [-0.1, -0.05) is 19.9 Å². The van der Waals surface area contributed by atoms with Crippen molar-refractivity contribution in [2.24, 2.45) is 14.1 Å². The average molecular weight is 510 g/mol. The first-order chi connectivity index (χ1) is 16.4. The predicted molar refractivity (Wildman–Crippen MR) is 125 cm³/mol. The van der Waals surface area contributed by atoms with Gasteiger partial charge in [0.1, 0.15) is 12.4 Å². The fourth-order valence-corrected chi connectivity index (χ4v) is 4.50. The molecule has 0 atom stereocenters. The summed E-state index contributed by atoms with van der Waals surface area (Å²) in [5.41, 5.74) is -1.26. The smallest absolute Gasteiger partial charge is 0.332 e. The van der Waals surface area contributed by atoms with Crippen LogP contribution in [0.4, 0.5) is 5.82 Å². The summed E-state index contributed by atoms with van der Waals surface area (Å²) in [5.74, 6) is -2.52. The van der Waals surface area contributed by atoms with Crippen LogP contribution >= 0.6 is 0 Å². The monoisotopic (exact) mass is 509 g/mol. The lowest BCUT2D eigenvalue weighted by Crippen LogP contribution is -2.38. The van der Waals surface area contributed by atoms with E-state index in [0.29, 0.717) is 0 Å². The number of carbonyl (C=O) groups is 3. The second-order valence-corrected chi connectivity index (χ2v) is 9.22. The summed E-state index contributed by atoms with van der Waals surface area (Å²) in [5, 5.41) is 4.58. The van der Waals surface area contributed by atoms with E-state index in [9.17, 15) is 32.4 Å². The number of ether oxygens (including phenoxy) is 1. The molecule has 0 fully saturated rings. The molecule has 2 N–H and O–H groups in total. The molecule has 0 saturated heterocycles. The van der Waals surface area contributed by atoms with Crippen LogP contribution in [0.5, 0.6) is 0 Å². The number of benzene rings is 1. The van der Waals surface area contributed by atoms with E-state index in [2.05, 4.69) is 10.6 Å². The lowest BCUT2D eigenvalue weighted by molar-refractivity contribution is -0.146. The van der Waals surface area contributed by atoms with Crippen molar-refractivity contribution in [2.75, 3.05) is 31.6 Å². The number of amides is 2. The van der Waals surface area contributed by atoms with Crippen LogP contribution in [0, 0.1) is 0 Å². The van der Waals surface area contributed by atoms with Gasteiger partial charge in [0.2, 0.25) is 10.0 Å². The lowest BCUT2D eigenvalue weighted by Gasteiger charge is -2.18. The van der Waals surface area contributed by atoms with E-state index in [-0.39, 0.29) is 29.4 Å². The van der Waals surface area contributed by atoms with Gasteiger partial charge >= 0.3 is 11.7 Å². The molecule has 0 aliphatic heterocycles. The molecule has 2 rings (SSSR count). The summed E-state index contributed by atoms with van der Waals surface area (Å²) in [4.78, 5) is 59.8. The Morgan fingerprint density at radius 1 is 1.03 bits per heavy atom.